The van der Waals surface area contributed by atoms with E-state index in [1.807, 2.05) is 12.1 Å². The number of aliphatic hydroxyl groups is 2. The maximum Gasteiger partial charge on any atom is 0.174 e. The average Bonchev–Trinajstić information content (AvgIpc) is 4.03. The molecule has 6 aliphatic carbocycles. The number of likely N-dealkylation sites (tertiary alicyclic amines) is 2. The number of aromatic hydroxyl groups is 2. The molecule has 2 spiro atoms. The van der Waals surface area contributed by atoms with Crippen LogP contribution in [0.15, 0.2) is 12.1 Å². The molecule has 6 fully saturated rings. The first-order valence-electron chi connectivity index (χ1n) is 20.1. The number of phenolic OH excluding ortho intramolecular Hbond substituents is 2. The molecule has 2 aromatic carbocycles. The van der Waals surface area contributed by atoms with Crippen molar-refractivity contribution < 1.29 is 82.4 Å². The third kappa shape index (κ3) is 3.92. The lowest BCUT2D eigenvalue weighted by atomic mass is 9.48. The molecule has 10 atom stereocenters. The Kier molecular flexibility index (Phi) is 7.25. The zero-order valence-corrected chi connectivity index (χ0v) is 34.2. The van der Waals surface area contributed by atoms with Crippen LogP contribution in [0.1, 0.15) is 86.5 Å². The molecule has 10 aliphatic rings. The van der Waals surface area contributed by atoms with Gasteiger partial charge in [0, 0.05) is 72.6 Å². The first-order chi connectivity index (χ1) is 24.8. The predicted octanol–water partition coefficient (Wildman–Crippen LogP) is -2.67. The van der Waals surface area contributed by atoms with E-state index >= 15 is 0 Å². The van der Waals surface area contributed by atoms with Gasteiger partial charge in [-0.25, -0.2) is 0 Å². The van der Waals surface area contributed by atoms with Crippen LogP contribution >= 0.6 is 0 Å². The van der Waals surface area contributed by atoms with E-state index in [4.69, 9.17) is 9.47 Å². The summed E-state index contributed by atoms with van der Waals surface area (Å²) in [5.41, 5.74) is 0.233. The summed E-state index contributed by atoms with van der Waals surface area (Å²) in [6, 6.07) is 3.71. The highest BCUT2D eigenvalue weighted by atomic mass is 79.9. The topological polar surface area (TPSA) is 134 Å². The number of carbonyl (C=O) groups excluding carboxylic acids is 2. The maximum atomic E-state index is 13.7. The van der Waals surface area contributed by atoms with Crippen molar-refractivity contribution in [1.82, 2.24) is 0 Å². The summed E-state index contributed by atoms with van der Waals surface area (Å²) in [6.07, 6.45) is 6.86. The highest BCUT2D eigenvalue weighted by molar-refractivity contribution is 5.94. The maximum absolute atomic E-state index is 13.7. The van der Waals surface area contributed by atoms with Crippen LogP contribution in [0.4, 0.5) is 0 Å². The molecule has 0 amide bonds. The summed E-state index contributed by atoms with van der Waals surface area (Å²) in [5, 5.41) is 50.3. The van der Waals surface area contributed by atoms with E-state index < -0.39 is 34.2 Å². The first-order valence-corrected chi connectivity index (χ1v) is 20.1. The van der Waals surface area contributed by atoms with Crippen LogP contribution in [-0.2, 0) is 33.3 Å². The smallest absolute Gasteiger partial charge is 0.174 e. The number of benzene rings is 2. The van der Waals surface area contributed by atoms with Crippen molar-refractivity contribution in [1.29, 1.82) is 0 Å². The van der Waals surface area contributed by atoms with Crippen LogP contribution in [0.25, 0.3) is 11.1 Å². The number of likely N-dealkylation sites (N-methyl/N-ethyl adjacent to an activating group) is 2. The highest BCUT2D eigenvalue weighted by Crippen LogP contribution is 2.70. The van der Waals surface area contributed by atoms with Crippen molar-refractivity contribution in [3.05, 3.63) is 34.4 Å². The normalized spacial score (nSPS) is 43.9. The van der Waals surface area contributed by atoms with Crippen LogP contribution < -0.4 is 43.4 Å². The molecule has 54 heavy (non-hydrogen) atoms. The molecule has 0 aromatic heterocycles. The van der Waals surface area contributed by atoms with Gasteiger partial charge < -0.3 is 72.8 Å². The lowest BCUT2D eigenvalue weighted by Crippen LogP contribution is -3.00. The minimum Gasteiger partial charge on any atom is -1.00 e. The van der Waals surface area contributed by atoms with Crippen molar-refractivity contribution in [3.8, 4) is 34.1 Å². The zero-order valence-electron chi connectivity index (χ0n) is 31.0. The molecule has 12 rings (SSSR count). The fourth-order valence-electron chi connectivity index (χ4n) is 14.4. The summed E-state index contributed by atoms with van der Waals surface area (Å²) < 4.78 is 14.7. The molecule has 12 heteroatoms. The molecule has 2 aromatic rings. The third-order valence-corrected chi connectivity index (χ3v) is 17.1. The van der Waals surface area contributed by atoms with Gasteiger partial charge in [-0.05, 0) is 61.8 Å². The highest BCUT2D eigenvalue weighted by Gasteiger charge is 2.78. The van der Waals surface area contributed by atoms with Gasteiger partial charge in [0.1, 0.15) is 23.3 Å². The molecule has 4 heterocycles. The third-order valence-electron chi connectivity index (χ3n) is 17.1. The van der Waals surface area contributed by atoms with Gasteiger partial charge >= 0.3 is 0 Å². The van der Waals surface area contributed by atoms with Crippen molar-refractivity contribution >= 4 is 11.6 Å². The second kappa shape index (κ2) is 10.8. The molecule has 4 aliphatic heterocycles. The number of piperidine rings is 2. The standard InChI is InChI=1S/C42H48N2O8.2BrH/c1-43(19-21-3-4-21)13-11-39-31-23-15-25(33(47)35(31)51-37(39)27(45)7-9-41(39,49)29(43)17-23)26-16-24-18-30-42(50)10-8-28(46)38-40(42,32(24)36(52-38)34(26)48)12-14-44(30,2)20-22-5-6-22;;/h15-16,21-22,29-30,37-38,49-50H,3-14,17-20H2,1-2H3;2*1H/t29-,30+,37+,38-,39+,40-,41-,42+,43+,44-;;. The SMILES string of the molecule is C[N@@+]1(CC2CC2)CC[C@]23c4c5cc(-c6cc7c8c(c6O)O[C@@H]6C(=O)CC[C@]9(O)[C@H](C7)[N@@+](C)(CC7CC7)CC[C@@]869)c(O)c4O[C@H]2C(=O)CC[C@@]3(O)[C@H]1C5.[Br-].[Br-]. The van der Waals surface area contributed by atoms with Crippen LogP contribution in [0.5, 0.6) is 23.0 Å². The number of quaternary nitrogens is 2. The Morgan fingerprint density at radius 2 is 1.06 bits per heavy atom. The summed E-state index contributed by atoms with van der Waals surface area (Å²) in [6.45, 7) is 3.71. The number of ether oxygens (including phenoxy) is 2. The number of rotatable bonds is 5. The van der Waals surface area contributed by atoms with E-state index in [0.717, 1.165) is 57.4 Å². The fraction of sp³-hybridized carbons (Fsp3) is 0.667. The van der Waals surface area contributed by atoms with Crippen LogP contribution in [0, 0.1) is 11.8 Å². The molecule has 290 valence electrons. The number of ketones is 2. The van der Waals surface area contributed by atoms with Gasteiger partial charge in [-0.1, -0.05) is 0 Å². The second-order valence-electron chi connectivity index (χ2n) is 19.6. The summed E-state index contributed by atoms with van der Waals surface area (Å²) in [5.74, 6) is 1.53. The van der Waals surface area contributed by atoms with E-state index in [-0.39, 0.29) is 93.5 Å². The Hall–Kier alpha value is -2.22. The van der Waals surface area contributed by atoms with Gasteiger partial charge in [0.2, 0.25) is 0 Å². The molecular weight excluding hydrogens is 820 g/mol. The van der Waals surface area contributed by atoms with Crippen molar-refractivity contribution in [3.63, 3.8) is 0 Å². The van der Waals surface area contributed by atoms with Crippen molar-refractivity contribution in [2.24, 2.45) is 11.8 Å². The minimum atomic E-state index is -1.13. The lowest BCUT2D eigenvalue weighted by Gasteiger charge is -2.64. The van der Waals surface area contributed by atoms with Crippen molar-refractivity contribution in [2.45, 2.75) is 123 Å². The van der Waals surface area contributed by atoms with Gasteiger partial charge in [0.05, 0.1) is 51.1 Å². The number of hydrogen-bond donors (Lipinski definition) is 4. The van der Waals surface area contributed by atoms with Gasteiger partial charge in [-0.3, -0.25) is 9.59 Å². The molecule has 4 saturated carbocycles. The number of halogens is 2. The predicted molar refractivity (Wildman–Crippen MR) is 187 cm³/mol. The quantitative estimate of drug-likeness (QED) is 0.240. The van der Waals surface area contributed by atoms with E-state index in [9.17, 15) is 30.0 Å². The van der Waals surface area contributed by atoms with Gasteiger partial charge in [0.25, 0.3) is 0 Å². The number of hydrogen-bond acceptors (Lipinski definition) is 8. The fourth-order valence-corrected chi connectivity index (χ4v) is 14.4. The molecule has 0 unspecified atom stereocenters. The van der Waals surface area contributed by atoms with E-state index in [1.54, 1.807) is 0 Å². The van der Waals surface area contributed by atoms with Gasteiger partial charge in [-0.15, -0.1) is 0 Å². The van der Waals surface area contributed by atoms with Gasteiger partial charge in [0.15, 0.2) is 46.8 Å². The molecular formula is C42H50Br2N2O8. The number of Topliss-reactive ketones (excluding diaryl/α,β-unsaturated/α-hetero) is 2. The lowest BCUT2D eigenvalue weighted by molar-refractivity contribution is -0.950. The van der Waals surface area contributed by atoms with Crippen LogP contribution in [0.3, 0.4) is 0 Å². The molecule has 4 N–H and O–H groups in total. The molecule has 4 bridgehead atoms. The molecule has 2 saturated heterocycles. The minimum absolute atomic E-state index is 0. The average molecular weight is 871 g/mol. The Balaban J connectivity index is 0.00000180. The van der Waals surface area contributed by atoms with E-state index in [1.165, 1.54) is 25.7 Å². The number of nitrogens with zero attached hydrogens (tertiary/aromatic N) is 2. The van der Waals surface area contributed by atoms with E-state index in [2.05, 4.69) is 14.1 Å². The first kappa shape index (κ1) is 36.1. The Bertz CT molecular complexity index is 1940. The van der Waals surface area contributed by atoms with Crippen molar-refractivity contribution in [2.75, 3.05) is 40.3 Å². The largest absolute Gasteiger partial charge is 1.00 e. The molecule has 0 radical (unpaired) electrons. The Morgan fingerprint density at radius 3 is 1.43 bits per heavy atom. The van der Waals surface area contributed by atoms with E-state index in [0.29, 0.717) is 61.5 Å². The monoisotopic (exact) mass is 868 g/mol. The van der Waals surface area contributed by atoms with Crippen LogP contribution in [0.2, 0.25) is 0 Å². The summed E-state index contributed by atoms with van der Waals surface area (Å²) in [7, 11) is 4.56. The number of phenols is 2. The zero-order chi connectivity index (χ0) is 35.5. The van der Waals surface area contributed by atoms with Crippen LogP contribution in [-0.4, -0.2) is 117 Å². The second-order valence-corrected chi connectivity index (χ2v) is 19.6. The summed E-state index contributed by atoms with van der Waals surface area (Å²) in [4.78, 5) is 27.4. The van der Waals surface area contributed by atoms with Gasteiger partial charge in [-0.2, -0.15) is 0 Å². The summed E-state index contributed by atoms with van der Waals surface area (Å²) >= 11 is 0. The number of carbonyl (C=O) groups is 2. The Labute approximate surface area is 336 Å². The molecule has 10 nitrogen and oxygen atoms in total. The Morgan fingerprint density at radius 1 is 0.667 bits per heavy atom.